The molecule has 0 bridgehead atoms. The second-order valence-electron chi connectivity index (χ2n) is 10.5. The first-order valence-corrected chi connectivity index (χ1v) is 12.8. The van der Waals surface area contributed by atoms with Crippen molar-refractivity contribution >= 4 is 29.5 Å². The van der Waals surface area contributed by atoms with Gasteiger partial charge in [0, 0.05) is 30.6 Å². The third-order valence-corrected chi connectivity index (χ3v) is 7.06. The number of benzene rings is 2. The molecule has 2 aromatic rings. The molecular formula is C28H29F4N3O5. The minimum atomic E-state index is -4.79. The molecule has 0 radical (unpaired) electrons. The van der Waals surface area contributed by atoms with Crippen LogP contribution in [0.5, 0.6) is 0 Å². The number of nitrogens with zero attached hydrogens (tertiary/aromatic N) is 2. The molecule has 1 aliphatic heterocycles. The largest absolute Gasteiger partial charge is 0.427 e. The molecule has 2 aliphatic rings. The maximum atomic E-state index is 13.6. The van der Waals surface area contributed by atoms with Gasteiger partial charge < -0.3 is 15.0 Å². The van der Waals surface area contributed by atoms with E-state index in [2.05, 4.69) is 5.32 Å². The Kier molecular flexibility index (Phi) is 7.91. The van der Waals surface area contributed by atoms with E-state index in [1.165, 1.54) is 12.1 Å². The number of rotatable bonds is 8. The molecule has 0 saturated carbocycles. The highest BCUT2D eigenvalue weighted by molar-refractivity contribution is 6.06. The van der Waals surface area contributed by atoms with E-state index >= 15 is 0 Å². The van der Waals surface area contributed by atoms with Crippen LogP contribution in [-0.4, -0.2) is 52.4 Å². The third kappa shape index (κ3) is 5.80. The number of fused-ring (bicyclic) bond motifs is 2. The van der Waals surface area contributed by atoms with Crippen molar-refractivity contribution in [2.75, 3.05) is 11.9 Å². The lowest BCUT2D eigenvalue weighted by Crippen LogP contribution is -2.51. The second kappa shape index (κ2) is 10.9. The van der Waals surface area contributed by atoms with Gasteiger partial charge in [-0.1, -0.05) is 32.0 Å². The van der Waals surface area contributed by atoms with Gasteiger partial charge in [0.15, 0.2) is 0 Å². The molecule has 0 unspecified atom stereocenters. The van der Waals surface area contributed by atoms with E-state index in [4.69, 9.17) is 4.74 Å². The third-order valence-electron chi connectivity index (χ3n) is 7.06. The Bertz CT molecular complexity index is 1330. The Morgan fingerprint density at radius 3 is 2.40 bits per heavy atom. The van der Waals surface area contributed by atoms with Gasteiger partial charge in [0.2, 0.25) is 17.4 Å². The maximum Gasteiger partial charge on any atom is 0.418 e. The molecule has 1 saturated heterocycles. The Balaban J connectivity index is 1.54. The lowest BCUT2D eigenvalue weighted by atomic mass is 9.94. The van der Waals surface area contributed by atoms with E-state index in [0.29, 0.717) is 39.5 Å². The number of alkyl halides is 3. The van der Waals surface area contributed by atoms with E-state index < -0.39 is 54.6 Å². The minimum Gasteiger partial charge on any atom is -0.427 e. The van der Waals surface area contributed by atoms with Crippen LogP contribution in [-0.2, 0) is 37.7 Å². The van der Waals surface area contributed by atoms with Crippen molar-refractivity contribution in [1.82, 2.24) is 9.80 Å². The molecule has 2 atom stereocenters. The number of hydrogen-bond acceptors (Lipinski definition) is 5. The number of hydrogen-bond donors (Lipinski definition) is 1. The van der Waals surface area contributed by atoms with Crippen molar-refractivity contribution in [3.05, 3.63) is 65.0 Å². The van der Waals surface area contributed by atoms with Crippen LogP contribution in [0.15, 0.2) is 42.5 Å². The average Bonchev–Trinajstić information content (AvgIpc) is 3.34. The first kappa shape index (κ1) is 29.0. The van der Waals surface area contributed by atoms with Crippen molar-refractivity contribution < 1.29 is 41.5 Å². The summed E-state index contributed by atoms with van der Waals surface area (Å²) in [4.78, 5) is 52.6. The van der Waals surface area contributed by atoms with Gasteiger partial charge in [-0.2, -0.15) is 13.2 Å². The van der Waals surface area contributed by atoms with Crippen molar-refractivity contribution in [3.8, 4) is 0 Å². The van der Waals surface area contributed by atoms with Crippen molar-refractivity contribution in [2.45, 2.75) is 64.4 Å². The van der Waals surface area contributed by atoms with E-state index in [1.54, 1.807) is 18.2 Å². The standard InChI is InChI=1S/C28H29F4N3O5/c1-16(2)12-23(36)33-21-8-9-22-19(13-21)10-11-27(22)25(38)35(26(39)40-27)15-24(37)34(17(3)28(30,31)32)14-18-4-6-20(29)7-5-18/h4-9,13,16-17H,10-12,14-15H2,1-3H3,(H,33,36)/t17-,27+/m0/s1. The summed E-state index contributed by atoms with van der Waals surface area (Å²) in [7, 11) is 0. The Morgan fingerprint density at radius 2 is 1.77 bits per heavy atom. The molecule has 1 aliphatic carbocycles. The van der Waals surface area contributed by atoms with Gasteiger partial charge in [-0.15, -0.1) is 0 Å². The van der Waals surface area contributed by atoms with Gasteiger partial charge in [0.05, 0.1) is 0 Å². The number of anilines is 1. The van der Waals surface area contributed by atoms with Crippen molar-refractivity contribution in [1.29, 1.82) is 0 Å². The van der Waals surface area contributed by atoms with Crippen LogP contribution in [0.2, 0.25) is 0 Å². The lowest BCUT2D eigenvalue weighted by Gasteiger charge is -2.31. The van der Waals surface area contributed by atoms with Crippen LogP contribution in [0.25, 0.3) is 0 Å². The number of ether oxygens (including phenoxy) is 1. The normalized spacial score (nSPS) is 19.1. The molecule has 214 valence electrons. The van der Waals surface area contributed by atoms with Gasteiger partial charge in [0.1, 0.15) is 18.4 Å². The predicted octanol–water partition coefficient (Wildman–Crippen LogP) is 4.91. The zero-order valence-electron chi connectivity index (χ0n) is 22.2. The summed E-state index contributed by atoms with van der Waals surface area (Å²) in [6.45, 7) is 3.14. The van der Waals surface area contributed by atoms with E-state index in [1.807, 2.05) is 13.8 Å². The number of halogens is 4. The van der Waals surface area contributed by atoms with Crippen molar-refractivity contribution in [3.63, 3.8) is 0 Å². The molecule has 4 amide bonds. The number of carbonyl (C=O) groups is 4. The van der Waals surface area contributed by atoms with Crippen LogP contribution >= 0.6 is 0 Å². The summed E-state index contributed by atoms with van der Waals surface area (Å²) >= 11 is 0. The Labute approximate surface area is 228 Å². The number of carbonyl (C=O) groups excluding carboxylic acids is 4. The first-order chi connectivity index (χ1) is 18.7. The van der Waals surface area contributed by atoms with E-state index in [-0.39, 0.29) is 23.8 Å². The average molecular weight is 564 g/mol. The summed E-state index contributed by atoms with van der Waals surface area (Å²) in [6, 6.07) is 7.19. The molecule has 2 aromatic carbocycles. The monoisotopic (exact) mass is 563 g/mol. The summed E-state index contributed by atoms with van der Waals surface area (Å²) in [5.41, 5.74) is 0.112. The van der Waals surface area contributed by atoms with Crippen LogP contribution in [0.1, 0.15) is 50.3 Å². The van der Waals surface area contributed by atoms with Crippen LogP contribution in [0.3, 0.4) is 0 Å². The van der Waals surface area contributed by atoms with E-state index in [9.17, 15) is 36.7 Å². The minimum absolute atomic E-state index is 0.0826. The summed E-state index contributed by atoms with van der Waals surface area (Å²) in [5.74, 6) is -2.58. The Hall–Kier alpha value is -3.96. The Morgan fingerprint density at radius 1 is 1.10 bits per heavy atom. The number of amides is 4. The van der Waals surface area contributed by atoms with Crippen LogP contribution in [0, 0.1) is 11.7 Å². The number of nitrogens with one attached hydrogen (secondary N) is 1. The molecule has 0 aromatic heterocycles. The maximum absolute atomic E-state index is 13.6. The van der Waals surface area contributed by atoms with Gasteiger partial charge in [-0.25, -0.2) is 14.1 Å². The smallest absolute Gasteiger partial charge is 0.418 e. The first-order valence-electron chi connectivity index (χ1n) is 12.8. The van der Waals surface area contributed by atoms with Crippen LogP contribution in [0.4, 0.5) is 28.0 Å². The fourth-order valence-electron chi connectivity index (χ4n) is 4.94. The number of imide groups is 1. The number of aryl methyl sites for hydroxylation is 1. The fraction of sp³-hybridized carbons (Fsp3) is 0.429. The predicted molar refractivity (Wildman–Crippen MR) is 135 cm³/mol. The van der Waals surface area contributed by atoms with Crippen LogP contribution < -0.4 is 5.32 Å². The molecule has 12 heteroatoms. The van der Waals surface area contributed by atoms with Crippen molar-refractivity contribution in [2.24, 2.45) is 5.92 Å². The highest BCUT2D eigenvalue weighted by atomic mass is 19.4. The molecule has 1 heterocycles. The molecule has 1 N–H and O–H groups in total. The van der Waals surface area contributed by atoms with Gasteiger partial charge in [0.25, 0.3) is 5.91 Å². The van der Waals surface area contributed by atoms with E-state index in [0.717, 1.165) is 19.1 Å². The lowest BCUT2D eigenvalue weighted by molar-refractivity contribution is -0.187. The SMILES string of the molecule is CC(C)CC(=O)Nc1ccc2c(c1)CC[C@@]21OC(=O)N(CC(=O)N(Cc2ccc(F)cc2)[C@@H](C)C(F)(F)F)C1=O. The second-order valence-corrected chi connectivity index (χ2v) is 10.5. The summed E-state index contributed by atoms with van der Waals surface area (Å²) < 4.78 is 59.6. The molecule has 40 heavy (non-hydrogen) atoms. The molecule has 1 fully saturated rings. The zero-order chi connectivity index (χ0) is 29.4. The summed E-state index contributed by atoms with van der Waals surface area (Å²) in [5, 5.41) is 2.79. The molecule has 8 nitrogen and oxygen atoms in total. The highest BCUT2D eigenvalue weighted by Gasteiger charge is 2.58. The van der Waals surface area contributed by atoms with Gasteiger partial charge in [-0.3, -0.25) is 14.4 Å². The highest BCUT2D eigenvalue weighted by Crippen LogP contribution is 2.46. The van der Waals surface area contributed by atoms with Gasteiger partial charge in [-0.05, 0) is 54.7 Å². The topological polar surface area (TPSA) is 96.0 Å². The fourth-order valence-corrected chi connectivity index (χ4v) is 4.94. The van der Waals surface area contributed by atoms with Gasteiger partial charge >= 0.3 is 12.3 Å². The molecular weight excluding hydrogens is 534 g/mol. The summed E-state index contributed by atoms with van der Waals surface area (Å²) in [6.07, 6.45) is -5.18. The quantitative estimate of drug-likeness (QED) is 0.461. The molecule has 1 spiro atoms. The molecule has 4 rings (SSSR count). The zero-order valence-corrected chi connectivity index (χ0v) is 22.2.